The van der Waals surface area contributed by atoms with Crippen molar-refractivity contribution in [3.63, 3.8) is 0 Å². The maximum absolute atomic E-state index is 13.1. The SMILES string of the molecule is ONCC(c1ccccc1)N1CCC(F)(F)CC1. The molecule has 1 heterocycles. The first-order chi connectivity index (χ1) is 8.62. The molecule has 2 rings (SSSR count). The monoisotopic (exact) mass is 256 g/mol. The van der Waals surface area contributed by atoms with Gasteiger partial charge in [-0.15, -0.1) is 0 Å². The van der Waals surface area contributed by atoms with Crippen molar-refractivity contribution < 1.29 is 14.0 Å². The van der Waals surface area contributed by atoms with Crippen LogP contribution in [0.1, 0.15) is 24.4 Å². The van der Waals surface area contributed by atoms with Crippen LogP contribution in [0.5, 0.6) is 0 Å². The third-order valence-corrected chi connectivity index (χ3v) is 3.44. The van der Waals surface area contributed by atoms with Crippen LogP contribution in [0.15, 0.2) is 30.3 Å². The molecule has 0 spiro atoms. The second kappa shape index (κ2) is 5.73. The van der Waals surface area contributed by atoms with E-state index in [9.17, 15) is 8.78 Å². The number of nitrogens with zero attached hydrogens (tertiary/aromatic N) is 1. The van der Waals surface area contributed by atoms with Gasteiger partial charge in [-0.05, 0) is 5.56 Å². The highest BCUT2D eigenvalue weighted by molar-refractivity contribution is 5.19. The maximum atomic E-state index is 13.1. The molecule has 0 bridgehead atoms. The molecular weight excluding hydrogens is 238 g/mol. The number of hydrogen-bond donors (Lipinski definition) is 2. The summed E-state index contributed by atoms with van der Waals surface area (Å²) in [6, 6.07) is 9.59. The van der Waals surface area contributed by atoms with Crippen LogP contribution in [0.25, 0.3) is 0 Å². The molecule has 1 unspecified atom stereocenters. The van der Waals surface area contributed by atoms with Gasteiger partial charge in [-0.1, -0.05) is 30.3 Å². The van der Waals surface area contributed by atoms with Crippen molar-refractivity contribution >= 4 is 0 Å². The van der Waals surface area contributed by atoms with Crippen molar-refractivity contribution in [3.05, 3.63) is 35.9 Å². The summed E-state index contributed by atoms with van der Waals surface area (Å²) in [5, 5.41) is 8.91. The molecule has 0 saturated carbocycles. The number of hydroxylamine groups is 1. The van der Waals surface area contributed by atoms with Gasteiger partial charge in [0.15, 0.2) is 0 Å². The molecule has 0 aromatic heterocycles. The van der Waals surface area contributed by atoms with Gasteiger partial charge in [0.2, 0.25) is 0 Å². The van der Waals surface area contributed by atoms with Crippen LogP contribution >= 0.6 is 0 Å². The van der Waals surface area contributed by atoms with E-state index in [0.717, 1.165) is 5.56 Å². The van der Waals surface area contributed by atoms with E-state index in [0.29, 0.717) is 19.6 Å². The van der Waals surface area contributed by atoms with Gasteiger partial charge in [0.05, 0.1) is 0 Å². The molecule has 1 saturated heterocycles. The molecule has 0 aliphatic carbocycles. The van der Waals surface area contributed by atoms with E-state index in [4.69, 9.17) is 5.21 Å². The average Bonchev–Trinajstić information content (AvgIpc) is 2.38. The Bertz CT molecular complexity index is 363. The molecule has 1 aromatic rings. The van der Waals surface area contributed by atoms with Gasteiger partial charge in [-0.2, -0.15) is 0 Å². The van der Waals surface area contributed by atoms with Crippen molar-refractivity contribution in [2.45, 2.75) is 24.8 Å². The number of nitrogens with one attached hydrogen (secondary N) is 1. The van der Waals surface area contributed by atoms with Gasteiger partial charge in [-0.25, -0.2) is 14.3 Å². The fraction of sp³-hybridized carbons (Fsp3) is 0.538. The molecule has 1 atom stereocenters. The Kier molecular flexibility index (Phi) is 4.27. The van der Waals surface area contributed by atoms with Gasteiger partial charge < -0.3 is 5.21 Å². The summed E-state index contributed by atoms with van der Waals surface area (Å²) in [5.74, 6) is -2.54. The highest BCUT2D eigenvalue weighted by Crippen LogP contribution is 2.32. The molecule has 0 radical (unpaired) electrons. The summed E-state index contributed by atoms with van der Waals surface area (Å²) in [7, 11) is 0. The fourth-order valence-electron chi connectivity index (χ4n) is 2.38. The molecule has 1 aromatic carbocycles. The Labute approximate surface area is 105 Å². The van der Waals surface area contributed by atoms with Crippen LogP contribution in [0.4, 0.5) is 8.78 Å². The Morgan fingerprint density at radius 1 is 1.22 bits per heavy atom. The zero-order valence-corrected chi connectivity index (χ0v) is 10.1. The van der Waals surface area contributed by atoms with E-state index in [1.54, 1.807) is 0 Å². The van der Waals surface area contributed by atoms with E-state index in [1.807, 2.05) is 35.2 Å². The predicted molar refractivity (Wildman–Crippen MR) is 64.7 cm³/mol. The summed E-state index contributed by atoms with van der Waals surface area (Å²) in [5.41, 5.74) is 3.19. The minimum absolute atomic E-state index is 0.0627. The molecule has 0 amide bonds. The fourth-order valence-corrected chi connectivity index (χ4v) is 2.38. The van der Waals surface area contributed by atoms with Crippen LogP contribution in [-0.4, -0.2) is 35.7 Å². The zero-order valence-electron chi connectivity index (χ0n) is 10.1. The number of rotatable bonds is 4. The largest absolute Gasteiger partial charge is 0.317 e. The highest BCUT2D eigenvalue weighted by Gasteiger charge is 2.36. The lowest BCUT2D eigenvalue weighted by atomic mass is 10.00. The van der Waals surface area contributed by atoms with Crippen LogP contribution in [0, 0.1) is 0 Å². The lowest BCUT2D eigenvalue weighted by Crippen LogP contribution is -2.44. The van der Waals surface area contributed by atoms with E-state index in [1.165, 1.54) is 0 Å². The second-order valence-corrected chi connectivity index (χ2v) is 4.68. The first-order valence-electron chi connectivity index (χ1n) is 6.16. The van der Waals surface area contributed by atoms with Crippen LogP contribution in [0.2, 0.25) is 0 Å². The standard InChI is InChI=1S/C13H18F2N2O/c14-13(15)6-8-17(9-7-13)12(10-16-18)11-4-2-1-3-5-11/h1-5,12,16,18H,6-10H2. The molecular formula is C13H18F2N2O. The summed E-state index contributed by atoms with van der Waals surface area (Å²) in [6.45, 7) is 1.05. The molecule has 5 heteroatoms. The molecule has 1 fully saturated rings. The smallest absolute Gasteiger partial charge is 0.250 e. The highest BCUT2D eigenvalue weighted by atomic mass is 19.3. The van der Waals surface area contributed by atoms with Crippen molar-refractivity contribution in [1.29, 1.82) is 0 Å². The molecule has 1 aliphatic heterocycles. The number of likely N-dealkylation sites (tertiary alicyclic amines) is 1. The second-order valence-electron chi connectivity index (χ2n) is 4.68. The zero-order chi connectivity index (χ0) is 13.0. The van der Waals surface area contributed by atoms with Gasteiger partial charge >= 0.3 is 0 Å². The van der Waals surface area contributed by atoms with Crippen molar-refractivity contribution in [2.24, 2.45) is 0 Å². The van der Waals surface area contributed by atoms with Gasteiger partial charge in [0.1, 0.15) is 0 Å². The lowest BCUT2D eigenvalue weighted by Gasteiger charge is -2.37. The first kappa shape index (κ1) is 13.4. The Morgan fingerprint density at radius 3 is 2.39 bits per heavy atom. The topological polar surface area (TPSA) is 35.5 Å². The van der Waals surface area contributed by atoms with Gasteiger partial charge in [-0.3, -0.25) is 4.90 Å². The van der Waals surface area contributed by atoms with E-state index >= 15 is 0 Å². The van der Waals surface area contributed by atoms with Gasteiger partial charge in [0, 0.05) is 38.5 Å². The van der Waals surface area contributed by atoms with Crippen molar-refractivity contribution in [3.8, 4) is 0 Å². The van der Waals surface area contributed by atoms with Crippen LogP contribution < -0.4 is 5.48 Å². The molecule has 18 heavy (non-hydrogen) atoms. The number of piperidine rings is 1. The summed E-state index contributed by atoms with van der Waals surface area (Å²) >= 11 is 0. The number of benzene rings is 1. The minimum Gasteiger partial charge on any atom is -0.317 e. The first-order valence-corrected chi connectivity index (χ1v) is 6.16. The molecule has 2 N–H and O–H groups in total. The molecule has 1 aliphatic rings. The summed E-state index contributed by atoms with van der Waals surface area (Å²) in [6.07, 6.45) is -0.219. The normalized spacial score (nSPS) is 21.7. The number of alkyl halides is 2. The molecule has 3 nitrogen and oxygen atoms in total. The van der Waals surface area contributed by atoms with Crippen LogP contribution in [0.3, 0.4) is 0 Å². The number of hydrogen-bond acceptors (Lipinski definition) is 3. The summed E-state index contributed by atoms with van der Waals surface area (Å²) < 4.78 is 26.3. The third-order valence-electron chi connectivity index (χ3n) is 3.44. The van der Waals surface area contributed by atoms with E-state index in [-0.39, 0.29) is 18.9 Å². The van der Waals surface area contributed by atoms with E-state index < -0.39 is 5.92 Å². The van der Waals surface area contributed by atoms with E-state index in [2.05, 4.69) is 5.48 Å². The third kappa shape index (κ3) is 3.25. The van der Waals surface area contributed by atoms with Crippen molar-refractivity contribution in [2.75, 3.05) is 19.6 Å². The van der Waals surface area contributed by atoms with Crippen molar-refractivity contribution in [1.82, 2.24) is 10.4 Å². The minimum atomic E-state index is -2.54. The average molecular weight is 256 g/mol. The van der Waals surface area contributed by atoms with Crippen LogP contribution in [-0.2, 0) is 0 Å². The maximum Gasteiger partial charge on any atom is 0.250 e. The van der Waals surface area contributed by atoms with Gasteiger partial charge in [0.25, 0.3) is 5.92 Å². The Balaban J connectivity index is 2.07. The Morgan fingerprint density at radius 2 is 1.83 bits per heavy atom. The number of halogens is 2. The lowest BCUT2D eigenvalue weighted by molar-refractivity contribution is -0.0653. The quantitative estimate of drug-likeness (QED) is 0.812. The molecule has 100 valence electrons. The predicted octanol–water partition coefficient (Wildman–Crippen LogP) is 2.44. The summed E-state index contributed by atoms with van der Waals surface area (Å²) in [4.78, 5) is 2.00. The Hall–Kier alpha value is -1.04.